The van der Waals surface area contributed by atoms with Gasteiger partial charge in [0.2, 0.25) is 11.8 Å². The molecule has 3 aliphatic rings. The molecule has 0 spiro atoms. The first-order valence-electron chi connectivity index (χ1n) is 14.2. The van der Waals surface area contributed by atoms with Crippen molar-refractivity contribution in [2.45, 2.75) is 95.7 Å². The molecule has 0 aromatic heterocycles. The second-order valence-corrected chi connectivity index (χ2v) is 11.4. The van der Waals surface area contributed by atoms with Gasteiger partial charge in [-0.2, -0.15) is 0 Å². The van der Waals surface area contributed by atoms with E-state index in [-0.39, 0.29) is 55.1 Å². The van der Waals surface area contributed by atoms with Crippen LogP contribution in [0.2, 0.25) is 0 Å². The number of fused-ring (bicyclic) bond motifs is 2. The zero-order valence-corrected chi connectivity index (χ0v) is 23.2. The van der Waals surface area contributed by atoms with Gasteiger partial charge in [0.25, 0.3) is 0 Å². The van der Waals surface area contributed by atoms with Gasteiger partial charge >= 0.3 is 12.2 Å². The number of carbonyl (C=O) groups is 5. The van der Waals surface area contributed by atoms with Gasteiger partial charge in [-0.05, 0) is 43.6 Å². The number of aldehydes is 1. The maximum Gasteiger partial charge on any atom is 0.410 e. The van der Waals surface area contributed by atoms with Crippen molar-refractivity contribution in [2.75, 3.05) is 6.54 Å². The highest BCUT2D eigenvalue weighted by atomic mass is 16.6. The Hall–Kier alpha value is -3.63. The lowest BCUT2D eigenvalue weighted by Gasteiger charge is -2.37. The van der Waals surface area contributed by atoms with Crippen LogP contribution in [0.1, 0.15) is 64.4 Å². The summed E-state index contributed by atoms with van der Waals surface area (Å²) >= 11 is 0. The Morgan fingerprint density at radius 2 is 1.77 bits per heavy atom. The van der Waals surface area contributed by atoms with Gasteiger partial charge in [0.05, 0.1) is 6.04 Å². The molecule has 1 aromatic rings. The molecule has 4 amide bonds. The highest BCUT2D eigenvalue weighted by molar-refractivity contribution is 5.88. The molecule has 5 atom stereocenters. The van der Waals surface area contributed by atoms with Crippen molar-refractivity contribution in [1.29, 1.82) is 0 Å². The summed E-state index contributed by atoms with van der Waals surface area (Å²) in [4.78, 5) is 64.0. The van der Waals surface area contributed by atoms with E-state index < -0.39 is 24.1 Å². The Morgan fingerprint density at radius 3 is 2.38 bits per heavy atom. The van der Waals surface area contributed by atoms with Crippen LogP contribution in [0, 0.1) is 11.8 Å². The largest absolute Gasteiger partial charge is 0.446 e. The van der Waals surface area contributed by atoms with E-state index in [1.807, 2.05) is 44.2 Å². The molecule has 2 bridgehead atoms. The van der Waals surface area contributed by atoms with Gasteiger partial charge in [0, 0.05) is 37.4 Å². The van der Waals surface area contributed by atoms with Crippen LogP contribution >= 0.6 is 0 Å². The minimum Gasteiger partial charge on any atom is -0.446 e. The molecular formula is C29H40N4O7. The first-order valence-corrected chi connectivity index (χ1v) is 14.2. The number of rotatable bonds is 11. The summed E-state index contributed by atoms with van der Waals surface area (Å²) in [6, 6.07) is 7.64. The molecule has 40 heavy (non-hydrogen) atoms. The first kappa shape index (κ1) is 29.4. The molecule has 3 saturated heterocycles. The number of hydrogen-bond acceptors (Lipinski definition) is 7. The van der Waals surface area contributed by atoms with E-state index in [0.29, 0.717) is 38.5 Å². The molecule has 3 fully saturated rings. The molecule has 0 saturated carbocycles. The lowest BCUT2D eigenvalue weighted by molar-refractivity contribution is -0.127. The average Bonchev–Trinajstić information content (AvgIpc) is 3.45. The van der Waals surface area contributed by atoms with Crippen molar-refractivity contribution < 1.29 is 33.4 Å². The summed E-state index contributed by atoms with van der Waals surface area (Å²) in [6.07, 6.45) is 3.01. The van der Waals surface area contributed by atoms with Gasteiger partial charge in [0.15, 0.2) is 0 Å². The van der Waals surface area contributed by atoms with Crippen molar-refractivity contribution in [3.05, 3.63) is 35.9 Å². The van der Waals surface area contributed by atoms with Crippen LogP contribution in [0.5, 0.6) is 0 Å². The highest BCUT2D eigenvalue weighted by Gasteiger charge is 2.45. The van der Waals surface area contributed by atoms with Gasteiger partial charge in [-0.25, -0.2) is 9.59 Å². The van der Waals surface area contributed by atoms with Crippen LogP contribution in [0.15, 0.2) is 30.3 Å². The topological polar surface area (TPSA) is 143 Å². The molecule has 0 aliphatic carbocycles. The normalized spacial score (nSPS) is 25.1. The van der Waals surface area contributed by atoms with Gasteiger partial charge in [-0.15, -0.1) is 0 Å². The summed E-state index contributed by atoms with van der Waals surface area (Å²) in [5.41, 5.74) is 0.918. The molecule has 3 N–H and O–H groups in total. The molecule has 4 unspecified atom stereocenters. The molecule has 11 heteroatoms. The van der Waals surface area contributed by atoms with E-state index in [9.17, 15) is 24.0 Å². The summed E-state index contributed by atoms with van der Waals surface area (Å²) in [6.45, 7) is 4.62. The number of piperidine rings is 1. The van der Waals surface area contributed by atoms with E-state index in [0.717, 1.165) is 18.4 Å². The predicted octanol–water partition coefficient (Wildman–Crippen LogP) is 2.67. The zero-order valence-electron chi connectivity index (χ0n) is 23.2. The molecule has 1 aromatic carbocycles. The number of ether oxygens (including phenoxy) is 2. The average molecular weight is 557 g/mol. The quantitative estimate of drug-likeness (QED) is 0.356. The van der Waals surface area contributed by atoms with Crippen LogP contribution in [0.4, 0.5) is 9.59 Å². The number of alkyl carbamates (subject to hydrolysis) is 1. The van der Waals surface area contributed by atoms with Crippen molar-refractivity contribution in [1.82, 2.24) is 20.9 Å². The van der Waals surface area contributed by atoms with E-state index in [4.69, 9.17) is 9.47 Å². The van der Waals surface area contributed by atoms with E-state index in [2.05, 4.69) is 16.0 Å². The Morgan fingerprint density at radius 1 is 1.07 bits per heavy atom. The first-order chi connectivity index (χ1) is 19.2. The van der Waals surface area contributed by atoms with Crippen LogP contribution in [0.25, 0.3) is 0 Å². The Labute approximate surface area is 234 Å². The number of amides is 4. The van der Waals surface area contributed by atoms with Gasteiger partial charge in [-0.1, -0.05) is 44.2 Å². The lowest BCUT2D eigenvalue weighted by atomic mass is 9.98. The summed E-state index contributed by atoms with van der Waals surface area (Å²) in [7, 11) is 0. The Bertz CT molecular complexity index is 1050. The molecule has 4 rings (SSSR count). The van der Waals surface area contributed by atoms with Gasteiger partial charge in [-0.3, -0.25) is 9.59 Å². The molecule has 3 heterocycles. The summed E-state index contributed by atoms with van der Waals surface area (Å²) in [5, 5.41) is 8.08. The fraction of sp³-hybridized carbons (Fsp3) is 0.621. The van der Waals surface area contributed by atoms with E-state index in [1.54, 1.807) is 4.90 Å². The van der Waals surface area contributed by atoms with Crippen molar-refractivity contribution in [3.8, 4) is 0 Å². The van der Waals surface area contributed by atoms with Gasteiger partial charge < -0.3 is 35.1 Å². The summed E-state index contributed by atoms with van der Waals surface area (Å²) in [5.74, 6) is -0.843. The molecule has 218 valence electrons. The molecular weight excluding hydrogens is 516 g/mol. The standard InChI is InChI=1S/C29H40N4O7/c1-18(2)12-25(27(36)31-21(16-34)13-20-10-11-30-26(20)35)32-28(37)40-24-14-22-8-9-23(15-24)33(22)29(38)39-17-19-6-4-3-5-7-19/h3-7,16,18,20-25H,8-15,17H2,1-2H3,(H,30,35)(H,31,36)(H,32,37)/t20?,21?,22?,23?,24?,25-/m0/s1. The number of nitrogens with zero attached hydrogens (tertiary/aromatic N) is 1. The second-order valence-electron chi connectivity index (χ2n) is 11.4. The molecule has 0 radical (unpaired) electrons. The third-order valence-electron chi connectivity index (χ3n) is 7.89. The van der Waals surface area contributed by atoms with E-state index >= 15 is 0 Å². The highest BCUT2D eigenvalue weighted by Crippen LogP contribution is 2.37. The van der Waals surface area contributed by atoms with Crippen LogP contribution < -0.4 is 16.0 Å². The monoisotopic (exact) mass is 556 g/mol. The van der Waals surface area contributed by atoms with Crippen molar-refractivity contribution >= 4 is 30.3 Å². The maximum absolute atomic E-state index is 13.0. The zero-order chi connectivity index (χ0) is 28.6. The number of hydrogen-bond donors (Lipinski definition) is 3. The van der Waals surface area contributed by atoms with Gasteiger partial charge in [0.1, 0.15) is 25.0 Å². The predicted molar refractivity (Wildman–Crippen MR) is 145 cm³/mol. The minimum atomic E-state index is -0.892. The van der Waals surface area contributed by atoms with Crippen molar-refractivity contribution in [3.63, 3.8) is 0 Å². The van der Waals surface area contributed by atoms with Crippen LogP contribution in [0.3, 0.4) is 0 Å². The maximum atomic E-state index is 13.0. The fourth-order valence-corrected chi connectivity index (χ4v) is 5.95. The number of carbonyl (C=O) groups excluding carboxylic acids is 5. The fourth-order valence-electron chi connectivity index (χ4n) is 5.95. The lowest BCUT2D eigenvalue weighted by Crippen LogP contribution is -2.53. The smallest absolute Gasteiger partial charge is 0.410 e. The van der Waals surface area contributed by atoms with E-state index in [1.165, 1.54) is 0 Å². The number of nitrogens with one attached hydrogen (secondary N) is 3. The van der Waals surface area contributed by atoms with Crippen molar-refractivity contribution in [2.24, 2.45) is 11.8 Å². The molecule has 11 nitrogen and oxygen atoms in total. The van der Waals surface area contributed by atoms with Crippen LogP contribution in [-0.2, 0) is 30.5 Å². The summed E-state index contributed by atoms with van der Waals surface area (Å²) < 4.78 is 11.3. The Balaban J connectivity index is 1.27. The number of benzene rings is 1. The third kappa shape index (κ3) is 7.73. The minimum absolute atomic E-state index is 0.0734. The molecule has 3 aliphatic heterocycles. The third-order valence-corrected chi connectivity index (χ3v) is 7.89. The second kappa shape index (κ2) is 13.6. The van der Waals surface area contributed by atoms with Crippen LogP contribution in [-0.4, -0.2) is 72.0 Å². The Kier molecular flexibility index (Phi) is 10.0. The SMILES string of the molecule is CC(C)C[C@H](NC(=O)OC1CC2CCC(C1)N2C(=O)OCc1ccccc1)C(=O)NC(C=O)CC1CCNC1=O.